The predicted molar refractivity (Wildman–Crippen MR) is 106 cm³/mol. The maximum Gasteiger partial charge on any atom is 0.339 e. The number of aromatic nitrogens is 2. The first-order valence-electron chi connectivity index (χ1n) is 8.86. The molecule has 1 atom stereocenters. The number of aryl methyl sites for hydroxylation is 2. The summed E-state index contributed by atoms with van der Waals surface area (Å²) in [7, 11) is 0. The summed E-state index contributed by atoms with van der Waals surface area (Å²) in [5.41, 5.74) is 3.41. The number of ketones is 1. The highest BCUT2D eigenvalue weighted by Gasteiger charge is 2.26. The maximum atomic E-state index is 12.8. The standard InChI is InChI=1S/C21H19N3O3S/c1-4-16-13(3)19(14-7-5-6-8-17(14)24-16)21(26)27-10-18(25)15(9-22)20-23-12(2)11-28-20/h5-8,11,15H,4,10H2,1-3H3/t15-/m1/s1. The van der Waals surface area contributed by atoms with Gasteiger partial charge >= 0.3 is 5.97 Å². The van der Waals surface area contributed by atoms with Crippen LogP contribution in [0, 0.1) is 25.2 Å². The second-order valence-corrected chi connectivity index (χ2v) is 7.25. The maximum absolute atomic E-state index is 12.8. The van der Waals surface area contributed by atoms with E-state index in [1.807, 2.05) is 44.2 Å². The Morgan fingerprint density at radius 3 is 2.64 bits per heavy atom. The van der Waals surface area contributed by atoms with Gasteiger partial charge in [-0.05, 0) is 31.9 Å². The van der Waals surface area contributed by atoms with Crippen LogP contribution in [0.15, 0.2) is 29.6 Å². The fourth-order valence-corrected chi connectivity index (χ4v) is 3.89. The molecule has 0 aliphatic heterocycles. The molecule has 3 aromatic rings. The van der Waals surface area contributed by atoms with E-state index in [0.717, 1.165) is 17.0 Å². The zero-order valence-corrected chi connectivity index (χ0v) is 16.7. The molecule has 0 aliphatic carbocycles. The van der Waals surface area contributed by atoms with Gasteiger partial charge in [-0.3, -0.25) is 9.78 Å². The fourth-order valence-electron chi connectivity index (χ4n) is 3.03. The number of nitriles is 1. The first kappa shape index (κ1) is 19.6. The van der Waals surface area contributed by atoms with Gasteiger partial charge in [0.2, 0.25) is 0 Å². The monoisotopic (exact) mass is 393 g/mol. The zero-order valence-electron chi connectivity index (χ0n) is 15.9. The van der Waals surface area contributed by atoms with E-state index < -0.39 is 24.3 Å². The smallest absolute Gasteiger partial charge is 0.339 e. The molecule has 0 amide bonds. The number of para-hydroxylation sites is 1. The Hall–Kier alpha value is -3.11. The van der Waals surface area contributed by atoms with Crippen LogP contribution in [0.2, 0.25) is 0 Å². The van der Waals surface area contributed by atoms with Crippen LogP contribution >= 0.6 is 11.3 Å². The number of hydrogen-bond donors (Lipinski definition) is 0. The van der Waals surface area contributed by atoms with Gasteiger partial charge in [-0.1, -0.05) is 25.1 Å². The molecular weight excluding hydrogens is 374 g/mol. The molecule has 0 radical (unpaired) electrons. The van der Waals surface area contributed by atoms with E-state index in [4.69, 9.17) is 4.74 Å². The summed E-state index contributed by atoms with van der Waals surface area (Å²) in [6.45, 7) is 5.11. The Balaban J connectivity index is 1.84. The van der Waals surface area contributed by atoms with Gasteiger partial charge in [0.1, 0.15) is 5.01 Å². The van der Waals surface area contributed by atoms with Gasteiger partial charge in [-0.15, -0.1) is 11.3 Å². The third-order valence-electron chi connectivity index (χ3n) is 4.46. The quantitative estimate of drug-likeness (QED) is 0.590. The van der Waals surface area contributed by atoms with Crippen LogP contribution in [-0.2, 0) is 16.0 Å². The van der Waals surface area contributed by atoms with E-state index in [1.165, 1.54) is 11.3 Å². The van der Waals surface area contributed by atoms with Crippen molar-refractivity contribution in [1.29, 1.82) is 5.26 Å². The number of benzene rings is 1. The molecule has 0 saturated heterocycles. The van der Waals surface area contributed by atoms with Gasteiger partial charge in [0.15, 0.2) is 18.3 Å². The highest BCUT2D eigenvalue weighted by Crippen LogP contribution is 2.25. The van der Waals surface area contributed by atoms with Crippen molar-refractivity contribution in [3.05, 3.63) is 57.2 Å². The minimum atomic E-state index is -1.03. The Labute approximate surface area is 166 Å². The molecule has 28 heavy (non-hydrogen) atoms. The molecule has 6 nitrogen and oxygen atoms in total. The number of ether oxygens (including phenoxy) is 1. The van der Waals surface area contributed by atoms with E-state index in [1.54, 1.807) is 12.3 Å². The molecular formula is C21H19N3O3S. The predicted octanol–water partition coefficient (Wildman–Crippen LogP) is 3.90. The first-order valence-corrected chi connectivity index (χ1v) is 9.73. The minimum Gasteiger partial charge on any atom is -0.454 e. The van der Waals surface area contributed by atoms with E-state index in [0.29, 0.717) is 27.9 Å². The van der Waals surface area contributed by atoms with Crippen molar-refractivity contribution in [3.8, 4) is 6.07 Å². The summed E-state index contributed by atoms with van der Waals surface area (Å²) in [5.74, 6) is -2.11. The van der Waals surface area contributed by atoms with Crippen molar-refractivity contribution in [1.82, 2.24) is 9.97 Å². The van der Waals surface area contributed by atoms with Gasteiger partial charge < -0.3 is 4.74 Å². The second-order valence-electron chi connectivity index (χ2n) is 6.36. The molecule has 7 heteroatoms. The third kappa shape index (κ3) is 3.78. The molecule has 0 N–H and O–H groups in total. The van der Waals surface area contributed by atoms with Gasteiger partial charge in [0.05, 0.1) is 17.1 Å². The van der Waals surface area contributed by atoms with Crippen molar-refractivity contribution in [2.45, 2.75) is 33.1 Å². The second kappa shape index (κ2) is 8.28. The molecule has 2 heterocycles. The average molecular weight is 393 g/mol. The molecule has 3 rings (SSSR count). The summed E-state index contributed by atoms with van der Waals surface area (Å²) in [6, 6.07) is 9.28. The highest BCUT2D eigenvalue weighted by molar-refractivity contribution is 7.09. The Morgan fingerprint density at radius 1 is 1.25 bits per heavy atom. The lowest BCUT2D eigenvalue weighted by atomic mass is 10.0. The third-order valence-corrected chi connectivity index (χ3v) is 5.48. The van der Waals surface area contributed by atoms with Crippen LogP contribution in [0.3, 0.4) is 0 Å². The molecule has 0 spiro atoms. The SMILES string of the molecule is CCc1nc2ccccc2c(C(=O)OCC(=O)[C@@H](C#N)c2nc(C)cs2)c1C. The van der Waals surface area contributed by atoms with Crippen LogP contribution in [-0.4, -0.2) is 28.3 Å². The number of carbonyl (C=O) groups excluding carboxylic acids is 2. The zero-order chi connectivity index (χ0) is 20.3. The number of esters is 1. The Bertz CT molecular complexity index is 1100. The topological polar surface area (TPSA) is 92.9 Å². The van der Waals surface area contributed by atoms with Crippen molar-refractivity contribution in [3.63, 3.8) is 0 Å². The lowest BCUT2D eigenvalue weighted by molar-refractivity contribution is -0.122. The van der Waals surface area contributed by atoms with E-state index >= 15 is 0 Å². The van der Waals surface area contributed by atoms with E-state index in [2.05, 4.69) is 9.97 Å². The normalized spacial score (nSPS) is 11.8. The lowest BCUT2D eigenvalue weighted by Gasteiger charge is -2.13. The number of pyridine rings is 1. The molecule has 0 saturated carbocycles. The van der Waals surface area contributed by atoms with Crippen LogP contribution < -0.4 is 0 Å². The van der Waals surface area contributed by atoms with Crippen LogP contribution in [0.5, 0.6) is 0 Å². The first-order chi connectivity index (χ1) is 13.5. The van der Waals surface area contributed by atoms with Crippen LogP contribution in [0.1, 0.15) is 45.2 Å². The van der Waals surface area contributed by atoms with Gasteiger partial charge in [-0.25, -0.2) is 9.78 Å². The summed E-state index contributed by atoms with van der Waals surface area (Å²) in [4.78, 5) is 34.0. The summed E-state index contributed by atoms with van der Waals surface area (Å²) >= 11 is 1.25. The summed E-state index contributed by atoms with van der Waals surface area (Å²) < 4.78 is 5.30. The van der Waals surface area contributed by atoms with E-state index in [-0.39, 0.29) is 0 Å². The summed E-state index contributed by atoms with van der Waals surface area (Å²) in [6.07, 6.45) is 0.676. The van der Waals surface area contributed by atoms with Crippen molar-refractivity contribution < 1.29 is 14.3 Å². The summed E-state index contributed by atoms with van der Waals surface area (Å²) in [5, 5.41) is 12.2. The largest absolute Gasteiger partial charge is 0.454 e. The fraction of sp³-hybridized carbons (Fsp3) is 0.286. The van der Waals surface area contributed by atoms with Gasteiger partial charge in [0.25, 0.3) is 0 Å². The number of nitrogens with zero attached hydrogens (tertiary/aromatic N) is 3. The van der Waals surface area contributed by atoms with Gasteiger partial charge in [-0.2, -0.15) is 5.26 Å². The highest BCUT2D eigenvalue weighted by atomic mass is 32.1. The number of rotatable bonds is 6. The molecule has 0 aliphatic rings. The number of hydrogen-bond acceptors (Lipinski definition) is 7. The minimum absolute atomic E-state index is 0.411. The molecule has 0 unspecified atom stereocenters. The number of Topliss-reactive ketones (excluding diaryl/α,β-unsaturated/α-hetero) is 1. The van der Waals surface area contributed by atoms with Crippen LogP contribution in [0.4, 0.5) is 0 Å². The Kier molecular flexibility index (Phi) is 5.81. The lowest BCUT2D eigenvalue weighted by Crippen LogP contribution is -2.21. The number of carbonyl (C=O) groups is 2. The van der Waals surface area contributed by atoms with Crippen molar-refractivity contribution in [2.24, 2.45) is 0 Å². The number of fused-ring (bicyclic) bond motifs is 1. The molecule has 0 bridgehead atoms. The average Bonchev–Trinajstić information content (AvgIpc) is 3.12. The Morgan fingerprint density at radius 2 is 2.00 bits per heavy atom. The molecule has 142 valence electrons. The van der Waals surface area contributed by atoms with Crippen molar-refractivity contribution in [2.75, 3.05) is 6.61 Å². The van der Waals surface area contributed by atoms with E-state index in [9.17, 15) is 14.9 Å². The molecule has 1 aromatic carbocycles. The van der Waals surface area contributed by atoms with Gasteiger partial charge in [0, 0.05) is 22.2 Å². The van der Waals surface area contributed by atoms with Crippen LogP contribution in [0.25, 0.3) is 10.9 Å². The number of thiazole rings is 1. The molecule has 2 aromatic heterocycles. The van der Waals surface area contributed by atoms with Crippen molar-refractivity contribution >= 4 is 34.0 Å². The molecule has 0 fully saturated rings.